The second-order valence-corrected chi connectivity index (χ2v) is 7.97. The smallest absolute Gasteiger partial charge is 0.0575 e. The van der Waals surface area contributed by atoms with E-state index >= 15 is 0 Å². The van der Waals surface area contributed by atoms with Crippen LogP contribution in [0.2, 0.25) is 0 Å². The summed E-state index contributed by atoms with van der Waals surface area (Å²) in [5.41, 5.74) is 0.485. The molecular weight excluding hydrogens is 246 g/mol. The van der Waals surface area contributed by atoms with Crippen molar-refractivity contribution in [2.75, 3.05) is 26.2 Å². The Labute approximate surface area is 126 Å². The van der Waals surface area contributed by atoms with Crippen LogP contribution in [0.25, 0.3) is 0 Å². The minimum Gasteiger partial charge on any atom is -0.378 e. The zero-order valence-electron chi connectivity index (χ0n) is 14.0. The third-order valence-corrected chi connectivity index (χ3v) is 5.32. The summed E-state index contributed by atoms with van der Waals surface area (Å²) in [5.74, 6) is 0.899. The second-order valence-electron chi connectivity index (χ2n) is 7.97. The molecule has 0 radical (unpaired) electrons. The van der Waals surface area contributed by atoms with E-state index in [0.29, 0.717) is 11.5 Å². The molecule has 2 aliphatic rings. The van der Waals surface area contributed by atoms with Gasteiger partial charge in [0.15, 0.2) is 0 Å². The summed E-state index contributed by atoms with van der Waals surface area (Å²) >= 11 is 0. The van der Waals surface area contributed by atoms with Crippen LogP contribution < -0.4 is 0 Å². The van der Waals surface area contributed by atoms with Crippen LogP contribution in [-0.4, -0.2) is 37.2 Å². The van der Waals surface area contributed by atoms with Crippen molar-refractivity contribution in [3.8, 4) is 0 Å². The minimum absolute atomic E-state index is 0.485. The summed E-state index contributed by atoms with van der Waals surface area (Å²) < 4.78 is 6.11. The van der Waals surface area contributed by atoms with Crippen molar-refractivity contribution < 1.29 is 4.74 Å². The Balaban J connectivity index is 1.53. The molecule has 2 nitrogen and oxygen atoms in total. The predicted octanol–water partition coefficient (Wildman–Crippen LogP) is 4.48. The van der Waals surface area contributed by atoms with Gasteiger partial charge in [-0.3, -0.25) is 0 Å². The quantitative estimate of drug-likeness (QED) is 0.689. The first kappa shape index (κ1) is 16.3. The summed E-state index contributed by atoms with van der Waals surface area (Å²) in [4.78, 5) is 2.61. The molecule has 2 rings (SSSR count). The first-order chi connectivity index (χ1) is 9.55. The number of hydrogen-bond acceptors (Lipinski definition) is 2. The molecule has 1 heterocycles. The first-order valence-electron chi connectivity index (χ1n) is 8.89. The Bertz CT molecular complexity index is 257. The number of rotatable bonds is 5. The molecule has 2 heteroatoms. The van der Waals surface area contributed by atoms with Gasteiger partial charge in [-0.2, -0.15) is 0 Å². The Hall–Kier alpha value is -0.0800. The largest absolute Gasteiger partial charge is 0.378 e. The average Bonchev–Trinajstić information content (AvgIpc) is 2.44. The van der Waals surface area contributed by atoms with Gasteiger partial charge in [0.05, 0.1) is 6.10 Å². The maximum atomic E-state index is 6.11. The summed E-state index contributed by atoms with van der Waals surface area (Å²) in [7, 11) is 0. The lowest BCUT2D eigenvalue weighted by atomic mass is 9.72. The number of piperidine rings is 1. The fraction of sp³-hybridized carbons (Fsp3) is 1.00. The molecule has 1 saturated carbocycles. The van der Waals surface area contributed by atoms with Crippen molar-refractivity contribution in [2.45, 2.75) is 78.2 Å². The van der Waals surface area contributed by atoms with E-state index in [4.69, 9.17) is 4.74 Å². The summed E-state index contributed by atoms with van der Waals surface area (Å²) in [6.45, 7) is 12.0. The molecule has 118 valence electrons. The Kier molecular flexibility index (Phi) is 6.35. The Morgan fingerprint density at radius 1 is 0.950 bits per heavy atom. The van der Waals surface area contributed by atoms with Crippen molar-refractivity contribution in [3.63, 3.8) is 0 Å². The highest BCUT2D eigenvalue weighted by atomic mass is 16.5. The highest BCUT2D eigenvalue weighted by Crippen LogP contribution is 2.38. The molecular formula is C18H35NO. The van der Waals surface area contributed by atoms with Gasteiger partial charge in [-0.1, -0.05) is 27.2 Å². The molecule has 0 spiro atoms. The molecule has 0 unspecified atom stereocenters. The fourth-order valence-electron chi connectivity index (χ4n) is 3.82. The Morgan fingerprint density at radius 2 is 1.60 bits per heavy atom. The normalized spacial score (nSPS) is 29.6. The van der Waals surface area contributed by atoms with Crippen molar-refractivity contribution in [3.05, 3.63) is 0 Å². The number of likely N-dealkylation sites (tertiary alicyclic amines) is 1. The molecule has 2 fully saturated rings. The van der Waals surface area contributed by atoms with Gasteiger partial charge < -0.3 is 9.64 Å². The van der Waals surface area contributed by atoms with Gasteiger partial charge in [-0.05, 0) is 69.4 Å². The van der Waals surface area contributed by atoms with E-state index in [1.165, 1.54) is 71.0 Å². The molecule has 0 atom stereocenters. The SMILES string of the molecule is CC(C)(C)C1CCC(OCCCN2CCCCC2)CC1. The van der Waals surface area contributed by atoms with Gasteiger partial charge in [-0.15, -0.1) is 0 Å². The predicted molar refractivity (Wildman–Crippen MR) is 86.1 cm³/mol. The van der Waals surface area contributed by atoms with E-state index in [9.17, 15) is 0 Å². The van der Waals surface area contributed by atoms with Crippen LogP contribution in [0.4, 0.5) is 0 Å². The topological polar surface area (TPSA) is 12.5 Å². The molecule has 0 N–H and O–H groups in total. The summed E-state index contributed by atoms with van der Waals surface area (Å²) in [5, 5.41) is 0. The van der Waals surface area contributed by atoms with Gasteiger partial charge in [0.1, 0.15) is 0 Å². The highest BCUT2D eigenvalue weighted by Gasteiger charge is 2.29. The molecule has 1 aliphatic heterocycles. The van der Waals surface area contributed by atoms with Crippen molar-refractivity contribution in [1.82, 2.24) is 4.90 Å². The molecule has 0 aromatic rings. The van der Waals surface area contributed by atoms with E-state index in [2.05, 4.69) is 25.7 Å². The lowest BCUT2D eigenvalue weighted by molar-refractivity contribution is -0.0000247. The van der Waals surface area contributed by atoms with E-state index in [0.717, 1.165) is 12.5 Å². The fourth-order valence-corrected chi connectivity index (χ4v) is 3.82. The third kappa shape index (κ3) is 5.37. The zero-order valence-corrected chi connectivity index (χ0v) is 14.0. The number of nitrogens with zero attached hydrogens (tertiary/aromatic N) is 1. The molecule has 0 aromatic heterocycles. The Morgan fingerprint density at radius 3 is 2.20 bits per heavy atom. The van der Waals surface area contributed by atoms with E-state index < -0.39 is 0 Å². The molecule has 1 saturated heterocycles. The van der Waals surface area contributed by atoms with Gasteiger partial charge >= 0.3 is 0 Å². The minimum atomic E-state index is 0.485. The van der Waals surface area contributed by atoms with Crippen LogP contribution in [0.15, 0.2) is 0 Å². The van der Waals surface area contributed by atoms with Crippen LogP contribution in [0.5, 0.6) is 0 Å². The lowest BCUT2D eigenvalue weighted by Gasteiger charge is -2.37. The van der Waals surface area contributed by atoms with Crippen LogP contribution >= 0.6 is 0 Å². The maximum Gasteiger partial charge on any atom is 0.0575 e. The van der Waals surface area contributed by atoms with E-state index in [-0.39, 0.29) is 0 Å². The maximum absolute atomic E-state index is 6.11. The van der Waals surface area contributed by atoms with Gasteiger partial charge in [-0.25, -0.2) is 0 Å². The number of ether oxygens (including phenoxy) is 1. The van der Waals surface area contributed by atoms with Crippen molar-refractivity contribution >= 4 is 0 Å². The van der Waals surface area contributed by atoms with Gasteiger partial charge in [0.25, 0.3) is 0 Å². The summed E-state index contributed by atoms with van der Waals surface area (Å²) in [6.07, 6.45) is 11.3. The second kappa shape index (κ2) is 7.79. The first-order valence-corrected chi connectivity index (χ1v) is 8.89. The highest BCUT2D eigenvalue weighted by molar-refractivity contribution is 4.80. The van der Waals surface area contributed by atoms with Crippen LogP contribution in [0.3, 0.4) is 0 Å². The van der Waals surface area contributed by atoms with Crippen molar-refractivity contribution in [2.24, 2.45) is 11.3 Å². The van der Waals surface area contributed by atoms with E-state index in [1.54, 1.807) is 0 Å². The molecule has 20 heavy (non-hydrogen) atoms. The molecule has 0 bridgehead atoms. The molecule has 1 aliphatic carbocycles. The average molecular weight is 281 g/mol. The third-order valence-electron chi connectivity index (χ3n) is 5.32. The van der Waals surface area contributed by atoms with Gasteiger partial charge in [0.2, 0.25) is 0 Å². The molecule has 0 aromatic carbocycles. The van der Waals surface area contributed by atoms with Crippen LogP contribution in [-0.2, 0) is 4.74 Å². The van der Waals surface area contributed by atoms with Gasteiger partial charge in [0, 0.05) is 13.2 Å². The zero-order chi connectivity index (χ0) is 14.4. The van der Waals surface area contributed by atoms with Crippen LogP contribution in [0.1, 0.15) is 72.1 Å². The lowest BCUT2D eigenvalue weighted by Crippen LogP contribution is -2.32. The van der Waals surface area contributed by atoms with Crippen molar-refractivity contribution in [1.29, 1.82) is 0 Å². The van der Waals surface area contributed by atoms with E-state index in [1.807, 2.05) is 0 Å². The summed E-state index contributed by atoms with van der Waals surface area (Å²) in [6, 6.07) is 0. The monoisotopic (exact) mass is 281 g/mol. The standard InChI is InChI=1S/C18H35NO/c1-18(2,3)16-8-10-17(11-9-16)20-15-7-14-19-12-5-4-6-13-19/h16-17H,4-15H2,1-3H3. The van der Waals surface area contributed by atoms with Crippen LogP contribution in [0, 0.1) is 11.3 Å². The molecule has 0 amide bonds. The number of hydrogen-bond donors (Lipinski definition) is 0.